The van der Waals surface area contributed by atoms with Crippen molar-refractivity contribution < 1.29 is 0 Å². The van der Waals surface area contributed by atoms with Crippen molar-refractivity contribution in [3.8, 4) is 0 Å². The van der Waals surface area contributed by atoms with Crippen LogP contribution in [0.25, 0.3) is 0 Å². The van der Waals surface area contributed by atoms with Crippen molar-refractivity contribution in [1.82, 2.24) is 5.32 Å². The zero-order valence-corrected chi connectivity index (χ0v) is 11.9. The van der Waals surface area contributed by atoms with E-state index in [1.807, 2.05) is 0 Å². The lowest BCUT2D eigenvalue weighted by Gasteiger charge is -2.32. The van der Waals surface area contributed by atoms with Crippen LogP contribution in [0.4, 0.5) is 0 Å². The summed E-state index contributed by atoms with van der Waals surface area (Å²) in [6, 6.07) is 9.43. The van der Waals surface area contributed by atoms with Gasteiger partial charge >= 0.3 is 0 Å². The van der Waals surface area contributed by atoms with E-state index in [4.69, 9.17) is 5.73 Å². The van der Waals surface area contributed by atoms with Gasteiger partial charge in [-0.25, -0.2) is 0 Å². The Morgan fingerprint density at radius 1 is 1.17 bits per heavy atom. The van der Waals surface area contributed by atoms with E-state index in [2.05, 4.69) is 50.4 Å². The van der Waals surface area contributed by atoms with Gasteiger partial charge in [0.2, 0.25) is 0 Å². The van der Waals surface area contributed by atoms with Crippen molar-refractivity contribution in [2.45, 2.75) is 51.6 Å². The number of nitrogens with one attached hydrogen (secondary N) is 1. The van der Waals surface area contributed by atoms with Crippen LogP contribution in [0.3, 0.4) is 0 Å². The number of hydrogen-bond donors (Lipinski definition) is 2. The van der Waals surface area contributed by atoms with Crippen LogP contribution in [-0.2, 0) is 12.0 Å². The first-order chi connectivity index (χ1) is 8.45. The molecule has 2 nitrogen and oxygen atoms in total. The molecule has 0 saturated heterocycles. The Hall–Kier alpha value is -0.860. The third-order valence-electron chi connectivity index (χ3n) is 3.85. The Bertz CT molecular complexity index is 369. The topological polar surface area (TPSA) is 38.0 Å². The molecule has 0 aromatic heterocycles. The predicted molar refractivity (Wildman–Crippen MR) is 77.5 cm³/mol. The Morgan fingerprint density at radius 3 is 2.28 bits per heavy atom. The van der Waals surface area contributed by atoms with Crippen LogP contribution < -0.4 is 11.1 Å². The van der Waals surface area contributed by atoms with Crippen molar-refractivity contribution >= 4 is 0 Å². The zero-order valence-electron chi connectivity index (χ0n) is 11.9. The molecule has 1 fully saturated rings. The Morgan fingerprint density at radius 2 is 1.78 bits per heavy atom. The van der Waals surface area contributed by atoms with Crippen molar-refractivity contribution in [3.63, 3.8) is 0 Å². The lowest BCUT2D eigenvalue weighted by molar-refractivity contribution is 0.256. The molecule has 0 radical (unpaired) electrons. The van der Waals surface area contributed by atoms with Crippen molar-refractivity contribution in [3.05, 3.63) is 35.4 Å². The molecule has 0 unspecified atom stereocenters. The van der Waals surface area contributed by atoms with Gasteiger partial charge in [0.1, 0.15) is 0 Å². The summed E-state index contributed by atoms with van der Waals surface area (Å²) in [6.45, 7) is 8.82. The highest BCUT2D eigenvalue weighted by atomic mass is 14.9. The largest absolute Gasteiger partial charge is 0.328 e. The fourth-order valence-electron chi connectivity index (χ4n) is 2.50. The molecule has 18 heavy (non-hydrogen) atoms. The highest BCUT2D eigenvalue weighted by Crippen LogP contribution is 2.25. The number of nitrogens with two attached hydrogens (primary N) is 1. The maximum atomic E-state index is 5.78. The molecule has 1 aromatic carbocycles. The summed E-state index contributed by atoms with van der Waals surface area (Å²) < 4.78 is 0. The van der Waals surface area contributed by atoms with Gasteiger partial charge in [0.05, 0.1) is 0 Å². The van der Waals surface area contributed by atoms with E-state index in [0.29, 0.717) is 6.04 Å². The normalized spacial score (nSPS) is 23.8. The molecule has 2 rings (SSSR count). The van der Waals surface area contributed by atoms with Gasteiger partial charge in [0.15, 0.2) is 0 Å². The van der Waals surface area contributed by atoms with E-state index in [9.17, 15) is 0 Å². The summed E-state index contributed by atoms with van der Waals surface area (Å²) in [5.41, 5.74) is 8.79. The van der Waals surface area contributed by atoms with Crippen LogP contribution in [0.5, 0.6) is 0 Å². The summed E-state index contributed by atoms with van der Waals surface area (Å²) in [5.74, 6) is 0.800. The second-order valence-electron chi connectivity index (χ2n) is 6.68. The first kappa shape index (κ1) is 13.6. The molecule has 2 heteroatoms. The van der Waals surface area contributed by atoms with Crippen LogP contribution in [-0.4, -0.2) is 12.6 Å². The van der Waals surface area contributed by atoms with Gasteiger partial charge in [-0.15, -0.1) is 0 Å². The minimum absolute atomic E-state index is 0.244. The highest BCUT2D eigenvalue weighted by molar-refractivity contribution is 5.27. The first-order valence-electron chi connectivity index (χ1n) is 7.01. The Balaban J connectivity index is 1.76. The molecule has 0 bridgehead atoms. The van der Waals surface area contributed by atoms with E-state index in [1.165, 1.54) is 24.0 Å². The molecule has 0 aliphatic heterocycles. The van der Waals surface area contributed by atoms with Crippen LogP contribution in [0.15, 0.2) is 24.3 Å². The SMILES string of the molecule is CC(C)(C)c1ccc(CNCC2CC(N)C2)cc1. The average Bonchev–Trinajstić information content (AvgIpc) is 2.26. The van der Waals surface area contributed by atoms with Crippen LogP contribution >= 0.6 is 0 Å². The van der Waals surface area contributed by atoms with Gasteiger partial charge in [-0.3, -0.25) is 0 Å². The average molecular weight is 246 g/mol. The third kappa shape index (κ3) is 3.56. The van der Waals surface area contributed by atoms with Gasteiger partial charge in [0, 0.05) is 12.6 Å². The molecule has 3 N–H and O–H groups in total. The lowest BCUT2D eigenvalue weighted by Crippen LogP contribution is -2.41. The molecule has 1 aliphatic carbocycles. The quantitative estimate of drug-likeness (QED) is 0.857. The molecule has 1 saturated carbocycles. The van der Waals surface area contributed by atoms with E-state index in [-0.39, 0.29) is 5.41 Å². The van der Waals surface area contributed by atoms with Crippen LogP contribution in [0.1, 0.15) is 44.7 Å². The monoisotopic (exact) mass is 246 g/mol. The van der Waals surface area contributed by atoms with Gasteiger partial charge in [-0.1, -0.05) is 45.0 Å². The molecule has 100 valence electrons. The first-order valence-corrected chi connectivity index (χ1v) is 7.01. The van der Waals surface area contributed by atoms with Crippen LogP contribution in [0.2, 0.25) is 0 Å². The van der Waals surface area contributed by atoms with E-state index < -0.39 is 0 Å². The molecule has 0 amide bonds. The fourth-order valence-corrected chi connectivity index (χ4v) is 2.50. The van der Waals surface area contributed by atoms with Gasteiger partial charge in [0.25, 0.3) is 0 Å². The van der Waals surface area contributed by atoms with E-state index in [0.717, 1.165) is 19.0 Å². The molecule has 1 aromatic rings. The van der Waals surface area contributed by atoms with Gasteiger partial charge in [-0.05, 0) is 41.8 Å². The number of hydrogen-bond acceptors (Lipinski definition) is 2. The van der Waals surface area contributed by atoms with Crippen molar-refractivity contribution in [1.29, 1.82) is 0 Å². The second-order valence-corrected chi connectivity index (χ2v) is 6.68. The lowest BCUT2D eigenvalue weighted by atomic mass is 9.81. The molecule has 1 aliphatic rings. The van der Waals surface area contributed by atoms with Gasteiger partial charge < -0.3 is 11.1 Å². The smallest absolute Gasteiger partial charge is 0.0205 e. The summed E-state index contributed by atoms with van der Waals surface area (Å²) in [7, 11) is 0. The summed E-state index contributed by atoms with van der Waals surface area (Å²) in [6.07, 6.45) is 2.38. The summed E-state index contributed by atoms with van der Waals surface area (Å²) in [5, 5.41) is 3.53. The van der Waals surface area contributed by atoms with Gasteiger partial charge in [-0.2, -0.15) is 0 Å². The van der Waals surface area contributed by atoms with Crippen molar-refractivity contribution in [2.75, 3.05) is 6.54 Å². The maximum absolute atomic E-state index is 5.78. The van der Waals surface area contributed by atoms with Crippen molar-refractivity contribution in [2.24, 2.45) is 11.7 Å². The van der Waals surface area contributed by atoms with E-state index in [1.54, 1.807) is 0 Å². The standard InChI is InChI=1S/C16H26N2/c1-16(2,3)14-6-4-12(5-7-14)10-18-11-13-8-15(17)9-13/h4-7,13,15,18H,8-11,17H2,1-3H3. The molecule has 0 atom stereocenters. The highest BCUT2D eigenvalue weighted by Gasteiger charge is 2.24. The van der Waals surface area contributed by atoms with Crippen LogP contribution in [0, 0.1) is 5.92 Å². The Kier molecular flexibility index (Phi) is 4.08. The summed E-state index contributed by atoms with van der Waals surface area (Å²) in [4.78, 5) is 0. The second kappa shape index (κ2) is 5.41. The summed E-state index contributed by atoms with van der Waals surface area (Å²) >= 11 is 0. The predicted octanol–water partition coefficient (Wildman–Crippen LogP) is 2.81. The Labute approximate surface area is 111 Å². The van der Waals surface area contributed by atoms with E-state index >= 15 is 0 Å². The maximum Gasteiger partial charge on any atom is 0.0205 e. The minimum atomic E-state index is 0.244. The fraction of sp³-hybridized carbons (Fsp3) is 0.625. The molecule has 0 spiro atoms. The minimum Gasteiger partial charge on any atom is -0.328 e. The zero-order chi connectivity index (χ0) is 13.2. The molecular weight excluding hydrogens is 220 g/mol. The number of rotatable bonds is 4. The third-order valence-corrected chi connectivity index (χ3v) is 3.85. The molecular formula is C16H26N2. The number of benzene rings is 1. The molecule has 0 heterocycles.